The second-order valence-corrected chi connectivity index (χ2v) is 5.06. The van der Waals surface area contributed by atoms with Crippen LogP contribution in [0.5, 0.6) is 0 Å². The highest BCUT2D eigenvalue weighted by Gasteiger charge is 2.35. The lowest BCUT2D eigenvalue weighted by Gasteiger charge is -2.39. The van der Waals surface area contributed by atoms with Gasteiger partial charge in [0.25, 0.3) is 0 Å². The second-order valence-electron chi connectivity index (χ2n) is 5.06. The van der Waals surface area contributed by atoms with E-state index in [0.717, 1.165) is 26.1 Å². The van der Waals surface area contributed by atoms with Gasteiger partial charge in [-0.1, -0.05) is 27.7 Å². The fourth-order valence-corrected chi connectivity index (χ4v) is 2.28. The maximum absolute atomic E-state index is 5.97. The van der Waals surface area contributed by atoms with Crippen molar-refractivity contribution in [3.8, 4) is 0 Å². The summed E-state index contributed by atoms with van der Waals surface area (Å²) in [5.74, 6) is 1.15. The molecule has 0 spiro atoms. The van der Waals surface area contributed by atoms with Gasteiger partial charge in [0.05, 0.1) is 25.4 Å². The van der Waals surface area contributed by atoms with Crippen LogP contribution in [-0.2, 0) is 14.2 Å². The maximum Gasteiger partial charge on any atom is 0.0866 e. The van der Waals surface area contributed by atoms with Crippen molar-refractivity contribution in [2.75, 3.05) is 26.4 Å². The van der Waals surface area contributed by atoms with E-state index in [4.69, 9.17) is 14.2 Å². The Morgan fingerprint density at radius 2 is 1.88 bits per heavy atom. The van der Waals surface area contributed by atoms with Crippen LogP contribution in [0.25, 0.3) is 0 Å². The molecule has 1 fully saturated rings. The van der Waals surface area contributed by atoms with E-state index < -0.39 is 0 Å². The summed E-state index contributed by atoms with van der Waals surface area (Å²) in [7, 11) is 0. The van der Waals surface area contributed by atoms with Crippen molar-refractivity contribution in [3.05, 3.63) is 0 Å². The molecule has 1 rings (SSSR count). The molecule has 1 aliphatic heterocycles. The van der Waals surface area contributed by atoms with E-state index in [1.807, 2.05) is 0 Å². The topological polar surface area (TPSA) is 27.7 Å². The number of hydrogen-bond acceptors (Lipinski definition) is 3. The Morgan fingerprint density at radius 3 is 2.53 bits per heavy atom. The molecule has 0 amide bonds. The summed E-state index contributed by atoms with van der Waals surface area (Å²) in [6.07, 6.45) is 2.58. The van der Waals surface area contributed by atoms with E-state index in [9.17, 15) is 0 Å². The molecule has 0 aromatic carbocycles. The van der Waals surface area contributed by atoms with Crippen molar-refractivity contribution in [1.82, 2.24) is 0 Å². The predicted octanol–water partition coefficient (Wildman–Crippen LogP) is 2.88. The lowest BCUT2D eigenvalue weighted by molar-refractivity contribution is -0.157. The van der Waals surface area contributed by atoms with Gasteiger partial charge in [-0.25, -0.2) is 0 Å². The van der Waals surface area contributed by atoms with E-state index in [1.54, 1.807) is 0 Å². The highest BCUT2D eigenvalue weighted by Crippen LogP contribution is 2.29. The molecule has 0 bridgehead atoms. The number of rotatable bonds is 7. The van der Waals surface area contributed by atoms with Crippen LogP contribution >= 0.6 is 0 Å². The molecule has 0 radical (unpaired) electrons. The minimum absolute atomic E-state index is 0.231. The zero-order valence-electron chi connectivity index (χ0n) is 11.8. The van der Waals surface area contributed by atoms with E-state index in [1.165, 1.54) is 0 Å². The smallest absolute Gasteiger partial charge is 0.0866 e. The van der Waals surface area contributed by atoms with E-state index in [-0.39, 0.29) is 12.2 Å². The van der Waals surface area contributed by atoms with Gasteiger partial charge in [0.15, 0.2) is 0 Å². The Hall–Kier alpha value is -0.120. The van der Waals surface area contributed by atoms with E-state index >= 15 is 0 Å². The fourth-order valence-electron chi connectivity index (χ4n) is 2.28. The van der Waals surface area contributed by atoms with Gasteiger partial charge in [-0.3, -0.25) is 0 Å². The maximum atomic E-state index is 5.97. The molecular weight excluding hydrogens is 216 g/mol. The molecule has 102 valence electrons. The average molecular weight is 244 g/mol. The molecule has 17 heavy (non-hydrogen) atoms. The summed E-state index contributed by atoms with van der Waals surface area (Å²) in [4.78, 5) is 0. The summed E-state index contributed by atoms with van der Waals surface area (Å²) in [6.45, 7) is 11.9. The van der Waals surface area contributed by atoms with Crippen LogP contribution in [0.15, 0.2) is 0 Å². The van der Waals surface area contributed by atoms with Gasteiger partial charge in [-0.15, -0.1) is 0 Å². The Labute approximate surface area is 106 Å². The largest absolute Gasteiger partial charge is 0.379 e. The first-order chi connectivity index (χ1) is 8.20. The molecule has 0 N–H and O–H groups in total. The molecule has 1 aliphatic rings. The molecule has 0 saturated carbocycles. The summed E-state index contributed by atoms with van der Waals surface area (Å²) < 4.78 is 17.2. The molecule has 0 aromatic heterocycles. The van der Waals surface area contributed by atoms with Crippen molar-refractivity contribution in [1.29, 1.82) is 0 Å². The van der Waals surface area contributed by atoms with Crippen LogP contribution in [-0.4, -0.2) is 38.6 Å². The minimum atomic E-state index is 0.231. The summed E-state index contributed by atoms with van der Waals surface area (Å²) >= 11 is 0. The van der Waals surface area contributed by atoms with Crippen molar-refractivity contribution < 1.29 is 14.2 Å². The Kier molecular flexibility index (Phi) is 7.09. The van der Waals surface area contributed by atoms with Crippen LogP contribution in [0, 0.1) is 11.8 Å². The van der Waals surface area contributed by atoms with Gasteiger partial charge in [-0.05, 0) is 24.7 Å². The number of hydrogen-bond donors (Lipinski definition) is 0. The molecule has 0 aliphatic carbocycles. The Bertz CT molecular complexity index is 194. The highest BCUT2D eigenvalue weighted by molar-refractivity contribution is 4.83. The summed E-state index contributed by atoms with van der Waals surface area (Å²) in [5, 5.41) is 0. The first kappa shape index (κ1) is 14.9. The summed E-state index contributed by atoms with van der Waals surface area (Å²) in [6, 6.07) is 0. The Morgan fingerprint density at radius 1 is 1.12 bits per heavy atom. The Balaban J connectivity index is 2.30. The first-order valence-electron chi connectivity index (χ1n) is 7.01. The van der Waals surface area contributed by atoms with Crippen LogP contribution in [0.1, 0.15) is 40.5 Å². The van der Waals surface area contributed by atoms with Gasteiger partial charge in [0.1, 0.15) is 0 Å². The van der Waals surface area contributed by atoms with Crippen LogP contribution in [0.3, 0.4) is 0 Å². The van der Waals surface area contributed by atoms with E-state index in [0.29, 0.717) is 25.0 Å². The van der Waals surface area contributed by atoms with Crippen molar-refractivity contribution >= 4 is 0 Å². The third kappa shape index (κ3) is 4.57. The minimum Gasteiger partial charge on any atom is -0.379 e. The molecule has 3 nitrogen and oxygen atoms in total. The van der Waals surface area contributed by atoms with Crippen molar-refractivity contribution in [2.24, 2.45) is 11.8 Å². The highest BCUT2D eigenvalue weighted by atomic mass is 16.6. The standard InChI is InChI=1S/C14H28O3/c1-5-7-15-8-9-16-14-12(4)11(3)10-17-13(14)6-2/h11-14H,5-10H2,1-4H3/t11?,12-,13?,14-/m1/s1. The third-order valence-corrected chi connectivity index (χ3v) is 3.64. The molecular formula is C14H28O3. The van der Waals surface area contributed by atoms with E-state index in [2.05, 4.69) is 27.7 Å². The van der Waals surface area contributed by atoms with Gasteiger partial charge in [0, 0.05) is 13.2 Å². The van der Waals surface area contributed by atoms with Crippen LogP contribution < -0.4 is 0 Å². The first-order valence-corrected chi connectivity index (χ1v) is 7.01. The van der Waals surface area contributed by atoms with Gasteiger partial charge >= 0.3 is 0 Å². The van der Waals surface area contributed by atoms with Crippen molar-refractivity contribution in [3.63, 3.8) is 0 Å². The van der Waals surface area contributed by atoms with Gasteiger partial charge < -0.3 is 14.2 Å². The van der Waals surface area contributed by atoms with Crippen LogP contribution in [0.4, 0.5) is 0 Å². The quantitative estimate of drug-likeness (QED) is 0.645. The average Bonchev–Trinajstić information content (AvgIpc) is 2.34. The van der Waals surface area contributed by atoms with Gasteiger partial charge in [0.2, 0.25) is 0 Å². The molecule has 4 atom stereocenters. The van der Waals surface area contributed by atoms with Crippen LogP contribution in [0.2, 0.25) is 0 Å². The summed E-state index contributed by atoms with van der Waals surface area (Å²) in [5.41, 5.74) is 0. The lowest BCUT2D eigenvalue weighted by atomic mass is 9.85. The lowest BCUT2D eigenvalue weighted by Crippen LogP contribution is -2.46. The number of ether oxygens (including phenoxy) is 3. The van der Waals surface area contributed by atoms with Crippen molar-refractivity contribution in [2.45, 2.75) is 52.7 Å². The molecule has 0 aromatic rings. The SMILES string of the molecule is CCCOCCO[C@H]1C(CC)OCC(C)[C@H]1C. The monoisotopic (exact) mass is 244 g/mol. The zero-order valence-corrected chi connectivity index (χ0v) is 11.8. The third-order valence-electron chi connectivity index (χ3n) is 3.64. The van der Waals surface area contributed by atoms with Gasteiger partial charge in [-0.2, -0.15) is 0 Å². The molecule has 2 unspecified atom stereocenters. The second kappa shape index (κ2) is 8.06. The normalized spacial score (nSPS) is 33.9. The molecule has 1 saturated heterocycles. The molecule has 1 heterocycles. The molecule has 3 heteroatoms. The fraction of sp³-hybridized carbons (Fsp3) is 1.00. The zero-order chi connectivity index (χ0) is 12.7. The predicted molar refractivity (Wildman–Crippen MR) is 69.2 cm³/mol.